The third kappa shape index (κ3) is 4.21. The fourth-order valence-corrected chi connectivity index (χ4v) is 3.64. The minimum Gasteiger partial charge on any atom is -0.383 e. The number of hydrogen-bond acceptors (Lipinski definition) is 4. The lowest BCUT2D eigenvalue weighted by Gasteiger charge is -2.30. The van der Waals surface area contributed by atoms with Gasteiger partial charge < -0.3 is 10.2 Å². The Bertz CT molecular complexity index is 543. The first-order chi connectivity index (χ1) is 9.47. The maximum Gasteiger partial charge on any atom is 0.177 e. The molecule has 1 aromatic carbocycles. The van der Waals surface area contributed by atoms with Crippen molar-refractivity contribution in [2.75, 3.05) is 37.8 Å². The Morgan fingerprint density at radius 3 is 2.80 bits per heavy atom. The SMILES string of the molecule is C[C@@H]1CCCN(CCNc2ccccc2S(C)(=O)=O)C1. The minimum absolute atomic E-state index is 0.381. The lowest BCUT2D eigenvalue weighted by atomic mass is 10.0. The molecule has 1 aliphatic rings. The van der Waals surface area contributed by atoms with Gasteiger partial charge in [0.2, 0.25) is 0 Å². The van der Waals surface area contributed by atoms with Gasteiger partial charge in [-0.2, -0.15) is 0 Å². The first-order valence-corrected chi connectivity index (χ1v) is 9.11. The molecule has 5 heteroatoms. The minimum atomic E-state index is -3.17. The summed E-state index contributed by atoms with van der Waals surface area (Å²) in [6.45, 7) is 6.33. The third-order valence-electron chi connectivity index (χ3n) is 3.77. The largest absolute Gasteiger partial charge is 0.383 e. The molecule has 0 saturated carbocycles. The van der Waals surface area contributed by atoms with Crippen LogP contribution in [0.25, 0.3) is 0 Å². The standard InChI is InChI=1S/C15H24N2O2S/c1-13-6-5-10-17(12-13)11-9-16-14-7-3-4-8-15(14)20(2,18)19/h3-4,7-8,13,16H,5-6,9-12H2,1-2H3/t13-/m1/s1. The zero-order chi connectivity index (χ0) is 14.6. The Hall–Kier alpha value is -1.07. The van der Waals surface area contributed by atoms with Gasteiger partial charge in [0.05, 0.1) is 10.6 Å². The van der Waals surface area contributed by atoms with Crippen molar-refractivity contribution < 1.29 is 8.42 Å². The highest BCUT2D eigenvalue weighted by atomic mass is 32.2. The number of sulfone groups is 1. The summed E-state index contributed by atoms with van der Waals surface area (Å²) in [5, 5.41) is 3.26. The van der Waals surface area contributed by atoms with Gasteiger partial charge in [0.1, 0.15) is 0 Å². The predicted octanol–water partition coefficient (Wildman–Crippen LogP) is 2.23. The molecule has 2 rings (SSSR count). The van der Waals surface area contributed by atoms with Crippen LogP contribution in [0.3, 0.4) is 0 Å². The van der Waals surface area contributed by atoms with E-state index in [0.717, 1.165) is 32.1 Å². The average Bonchev–Trinajstić information content (AvgIpc) is 2.38. The molecule has 1 aromatic rings. The van der Waals surface area contributed by atoms with Gasteiger partial charge in [0.25, 0.3) is 0 Å². The van der Waals surface area contributed by atoms with Crippen molar-refractivity contribution in [3.8, 4) is 0 Å². The van der Waals surface area contributed by atoms with E-state index < -0.39 is 9.84 Å². The molecule has 1 fully saturated rings. The smallest absolute Gasteiger partial charge is 0.177 e. The molecule has 1 N–H and O–H groups in total. The van der Waals surface area contributed by atoms with Crippen LogP contribution in [-0.4, -0.2) is 45.8 Å². The second-order valence-corrected chi connectivity index (χ2v) is 7.73. The van der Waals surface area contributed by atoms with Crippen LogP contribution in [0.1, 0.15) is 19.8 Å². The summed E-state index contributed by atoms with van der Waals surface area (Å²) in [6, 6.07) is 7.10. The number of hydrogen-bond donors (Lipinski definition) is 1. The Kier molecular flexibility index (Phi) is 5.05. The van der Waals surface area contributed by atoms with Gasteiger partial charge in [-0.3, -0.25) is 0 Å². The number of piperidine rings is 1. The molecule has 0 radical (unpaired) electrons. The van der Waals surface area contributed by atoms with Gasteiger partial charge in [0.15, 0.2) is 9.84 Å². The zero-order valence-electron chi connectivity index (χ0n) is 12.3. The van der Waals surface area contributed by atoms with Crippen molar-refractivity contribution in [3.63, 3.8) is 0 Å². The molecule has 0 spiro atoms. The van der Waals surface area contributed by atoms with Crippen LogP contribution < -0.4 is 5.32 Å². The zero-order valence-corrected chi connectivity index (χ0v) is 13.1. The maximum atomic E-state index is 11.7. The fraction of sp³-hybridized carbons (Fsp3) is 0.600. The molecule has 4 nitrogen and oxygen atoms in total. The molecular weight excluding hydrogens is 272 g/mol. The van der Waals surface area contributed by atoms with Gasteiger partial charge in [-0.15, -0.1) is 0 Å². The van der Waals surface area contributed by atoms with E-state index in [-0.39, 0.29) is 0 Å². The quantitative estimate of drug-likeness (QED) is 0.905. The first kappa shape index (κ1) is 15.3. The van der Waals surface area contributed by atoms with Crippen LogP contribution in [0.2, 0.25) is 0 Å². The number of para-hydroxylation sites is 1. The molecule has 20 heavy (non-hydrogen) atoms. The highest BCUT2D eigenvalue weighted by Crippen LogP contribution is 2.20. The second kappa shape index (κ2) is 6.59. The van der Waals surface area contributed by atoms with Crippen LogP contribution in [0, 0.1) is 5.92 Å². The molecule has 0 unspecified atom stereocenters. The van der Waals surface area contributed by atoms with Gasteiger partial charge >= 0.3 is 0 Å². The Morgan fingerprint density at radius 1 is 1.35 bits per heavy atom. The highest BCUT2D eigenvalue weighted by molar-refractivity contribution is 7.90. The van der Waals surface area contributed by atoms with E-state index in [1.165, 1.54) is 19.1 Å². The molecule has 1 heterocycles. The lowest BCUT2D eigenvalue weighted by molar-refractivity contribution is 0.190. The van der Waals surface area contributed by atoms with Crippen molar-refractivity contribution in [2.45, 2.75) is 24.7 Å². The summed E-state index contributed by atoms with van der Waals surface area (Å²) in [5.41, 5.74) is 0.708. The summed E-state index contributed by atoms with van der Waals surface area (Å²) >= 11 is 0. The van der Waals surface area contributed by atoms with E-state index in [1.54, 1.807) is 12.1 Å². The second-order valence-electron chi connectivity index (χ2n) is 5.74. The molecule has 112 valence electrons. The molecule has 0 aliphatic carbocycles. The van der Waals surface area contributed by atoms with Crippen LogP contribution in [0.15, 0.2) is 29.2 Å². The van der Waals surface area contributed by atoms with E-state index >= 15 is 0 Å². The molecule has 0 amide bonds. The maximum absolute atomic E-state index is 11.7. The molecule has 0 bridgehead atoms. The number of benzene rings is 1. The Morgan fingerprint density at radius 2 is 2.10 bits per heavy atom. The van der Waals surface area contributed by atoms with E-state index in [4.69, 9.17) is 0 Å². The molecule has 1 atom stereocenters. The number of likely N-dealkylation sites (tertiary alicyclic amines) is 1. The van der Waals surface area contributed by atoms with E-state index in [0.29, 0.717) is 10.6 Å². The normalized spacial score (nSPS) is 20.8. The first-order valence-electron chi connectivity index (χ1n) is 7.22. The van der Waals surface area contributed by atoms with Crippen LogP contribution in [0.4, 0.5) is 5.69 Å². The lowest BCUT2D eigenvalue weighted by Crippen LogP contribution is -2.37. The van der Waals surface area contributed by atoms with Gasteiger partial charge in [-0.05, 0) is 37.4 Å². The van der Waals surface area contributed by atoms with Crippen LogP contribution in [0.5, 0.6) is 0 Å². The molecule has 0 aromatic heterocycles. The highest BCUT2D eigenvalue weighted by Gasteiger charge is 2.16. The summed E-state index contributed by atoms with van der Waals surface area (Å²) in [7, 11) is -3.17. The van der Waals surface area contributed by atoms with Crippen molar-refractivity contribution >= 4 is 15.5 Å². The average molecular weight is 296 g/mol. The predicted molar refractivity (Wildman–Crippen MR) is 82.9 cm³/mol. The number of nitrogens with one attached hydrogen (secondary N) is 1. The third-order valence-corrected chi connectivity index (χ3v) is 4.93. The molecular formula is C15H24N2O2S. The van der Waals surface area contributed by atoms with E-state index in [2.05, 4.69) is 17.1 Å². The monoisotopic (exact) mass is 296 g/mol. The number of anilines is 1. The van der Waals surface area contributed by atoms with Crippen molar-refractivity contribution in [1.29, 1.82) is 0 Å². The van der Waals surface area contributed by atoms with Crippen LogP contribution >= 0.6 is 0 Å². The summed E-state index contributed by atoms with van der Waals surface area (Å²) < 4.78 is 23.4. The van der Waals surface area contributed by atoms with Crippen molar-refractivity contribution in [2.24, 2.45) is 5.92 Å². The molecule has 1 aliphatic heterocycles. The Labute approximate surface area is 122 Å². The fourth-order valence-electron chi connectivity index (χ4n) is 2.77. The summed E-state index contributed by atoms with van der Waals surface area (Å²) in [5.74, 6) is 0.770. The van der Waals surface area contributed by atoms with Crippen LogP contribution in [-0.2, 0) is 9.84 Å². The summed E-state index contributed by atoms with van der Waals surface area (Å²) in [6.07, 6.45) is 3.84. The Balaban J connectivity index is 1.91. The number of nitrogens with zero attached hydrogens (tertiary/aromatic N) is 1. The van der Waals surface area contributed by atoms with Crippen molar-refractivity contribution in [1.82, 2.24) is 4.90 Å². The van der Waals surface area contributed by atoms with Gasteiger partial charge in [0, 0.05) is 25.9 Å². The summed E-state index contributed by atoms with van der Waals surface area (Å²) in [4.78, 5) is 2.83. The van der Waals surface area contributed by atoms with E-state index in [9.17, 15) is 8.42 Å². The van der Waals surface area contributed by atoms with Gasteiger partial charge in [-0.1, -0.05) is 19.1 Å². The molecule has 1 saturated heterocycles. The van der Waals surface area contributed by atoms with E-state index in [1.807, 2.05) is 12.1 Å². The topological polar surface area (TPSA) is 49.4 Å². The number of rotatable bonds is 5. The van der Waals surface area contributed by atoms with Crippen molar-refractivity contribution in [3.05, 3.63) is 24.3 Å². The van der Waals surface area contributed by atoms with Gasteiger partial charge in [-0.25, -0.2) is 8.42 Å².